The smallest absolute Gasteiger partial charge is 0.229 e. The first-order valence-corrected chi connectivity index (χ1v) is 14.6. The van der Waals surface area contributed by atoms with Crippen LogP contribution in [0.2, 0.25) is 0 Å². The highest BCUT2D eigenvalue weighted by molar-refractivity contribution is 9.10. The first-order chi connectivity index (χ1) is 19.5. The van der Waals surface area contributed by atoms with E-state index in [0.717, 1.165) is 38.5 Å². The van der Waals surface area contributed by atoms with Crippen molar-refractivity contribution in [1.82, 2.24) is 14.9 Å². The lowest BCUT2D eigenvalue weighted by molar-refractivity contribution is -0.123. The van der Waals surface area contributed by atoms with Crippen molar-refractivity contribution in [2.45, 2.75) is 46.7 Å². The normalized spacial score (nSPS) is 17.0. The van der Waals surface area contributed by atoms with Crippen molar-refractivity contribution in [3.8, 4) is 11.4 Å². The van der Waals surface area contributed by atoms with Crippen molar-refractivity contribution < 1.29 is 9.53 Å². The van der Waals surface area contributed by atoms with Gasteiger partial charge in [0.05, 0.1) is 30.6 Å². The Morgan fingerprint density at radius 1 is 1.05 bits per heavy atom. The van der Waals surface area contributed by atoms with Crippen LogP contribution in [0, 0.1) is 19.3 Å². The fraction of sp³-hybridized carbons (Fsp3) is 0.281. The fourth-order valence-corrected chi connectivity index (χ4v) is 6.02. The molecule has 1 amide bonds. The molecule has 0 saturated carbocycles. The largest absolute Gasteiger partial charge is 0.494 e. The molecule has 4 aromatic rings. The van der Waals surface area contributed by atoms with Crippen LogP contribution in [0.25, 0.3) is 5.69 Å². The Morgan fingerprint density at radius 2 is 1.83 bits per heavy atom. The third-order valence-corrected chi connectivity index (χ3v) is 8.15. The third kappa shape index (κ3) is 5.61. The van der Waals surface area contributed by atoms with Crippen molar-refractivity contribution in [3.05, 3.63) is 100 Å². The number of rotatable bonds is 6. The maximum atomic E-state index is 12.7. The molecule has 212 valence electrons. The van der Waals surface area contributed by atoms with Gasteiger partial charge in [-0.2, -0.15) is 0 Å². The van der Waals surface area contributed by atoms with E-state index in [1.165, 1.54) is 0 Å². The molecule has 7 nitrogen and oxygen atoms in total. The molecule has 1 aliphatic heterocycles. The number of amides is 1. The summed E-state index contributed by atoms with van der Waals surface area (Å²) in [5.74, 6) is 0.470. The Morgan fingerprint density at radius 3 is 2.49 bits per heavy atom. The number of benzene rings is 2. The number of aryl methyl sites for hydroxylation is 1. The minimum Gasteiger partial charge on any atom is -0.494 e. The number of pyridine rings is 1. The average Bonchev–Trinajstić information content (AvgIpc) is 3.43. The summed E-state index contributed by atoms with van der Waals surface area (Å²) < 4.78 is 9.02. The topological polar surface area (TPSA) is 71.4 Å². The summed E-state index contributed by atoms with van der Waals surface area (Å²) in [6.07, 6.45) is 1.81. The second kappa shape index (κ2) is 11.3. The lowest BCUT2D eigenvalue weighted by Gasteiger charge is -2.29. The van der Waals surface area contributed by atoms with Gasteiger partial charge in [0.1, 0.15) is 5.75 Å². The van der Waals surface area contributed by atoms with Crippen LogP contribution in [-0.4, -0.2) is 27.7 Å². The van der Waals surface area contributed by atoms with Crippen molar-refractivity contribution in [1.29, 1.82) is 0 Å². The number of anilines is 2. The van der Waals surface area contributed by atoms with Gasteiger partial charge in [-0.05, 0) is 80.2 Å². The van der Waals surface area contributed by atoms with E-state index in [9.17, 15) is 4.79 Å². The van der Waals surface area contributed by atoms with Crippen LogP contribution in [0.15, 0.2) is 77.4 Å². The summed E-state index contributed by atoms with van der Waals surface area (Å²) in [6, 6.07) is 21.8. The Balaban J connectivity index is 1.63. The Bertz CT molecular complexity index is 1610. The highest BCUT2D eigenvalue weighted by Crippen LogP contribution is 2.45. The summed E-state index contributed by atoms with van der Waals surface area (Å²) in [4.78, 5) is 19.5. The molecule has 0 bridgehead atoms. The van der Waals surface area contributed by atoms with Crippen molar-refractivity contribution in [2.24, 2.45) is 5.41 Å². The molecule has 2 aromatic carbocycles. The molecule has 2 aromatic heterocycles. The van der Waals surface area contributed by atoms with Gasteiger partial charge in [-0.15, -0.1) is 0 Å². The molecule has 1 aliphatic rings. The fourth-order valence-electron chi connectivity index (χ4n) is 5.29. The molecule has 9 heteroatoms. The lowest BCUT2D eigenvalue weighted by Crippen LogP contribution is -2.30. The van der Waals surface area contributed by atoms with Gasteiger partial charge in [0.15, 0.2) is 5.11 Å². The van der Waals surface area contributed by atoms with Crippen molar-refractivity contribution in [2.75, 3.05) is 17.3 Å². The number of carbonyl (C=O) groups is 1. The molecule has 3 heterocycles. The number of thiocarbonyl (C=S) groups is 1. The van der Waals surface area contributed by atoms with E-state index in [0.29, 0.717) is 16.5 Å². The molecule has 0 spiro atoms. The number of carbonyl (C=O) groups excluding carboxylic acids is 1. The second-order valence-electron chi connectivity index (χ2n) is 11.2. The zero-order chi connectivity index (χ0) is 29.5. The van der Waals surface area contributed by atoms with E-state index >= 15 is 0 Å². The van der Waals surface area contributed by atoms with Gasteiger partial charge in [0.2, 0.25) is 5.91 Å². The quantitative estimate of drug-likeness (QED) is 0.216. The van der Waals surface area contributed by atoms with E-state index in [1.54, 1.807) is 13.3 Å². The lowest BCUT2D eigenvalue weighted by atomic mass is 9.95. The summed E-state index contributed by atoms with van der Waals surface area (Å²) >= 11 is 9.58. The predicted molar refractivity (Wildman–Crippen MR) is 172 cm³/mol. The minimum absolute atomic E-state index is 0.0880. The highest BCUT2D eigenvalue weighted by atomic mass is 79.9. The minimum atomic E-state index is -0.540. The van der Waals surface area contributed by atoms with Crippen LogP contribution in [-0.2, 0) is 4.79 Å². The van der Waals surface area contributed by atoms with Crippen molar-refractivity contribution in [3.63, 3.8) is 0 Å². The van der Waals surface area contributed by atoms with Crippen LogP contribution in [0.4, 0.5) is 11.4 Å². The van der Waals surface area contributed by atoms with E-state index < -0.39 is 5.41 Å². The van der Waals surface area contributed by atoms with Crippen LogP contribution in [0.5, 0.6) is 5.75 Å². The summed E-state index contributed by atoms with van der Waals surface area (Å²) in [7, 11) is 1.60. The predicted octanol–water partition coefficient (Wildman–Crippen LogP) is 7.42. The average molecular weight is 633 g/mol. The molecule has 0 aliphatic carbocycles. The Hall–Kier alpha value is -3.69. The molecule has 0 unspecified atom stereocenters. The van der Waals surface area contributed by atoms with Crippen LogP contribution >= 0.6 is 28.1 Å². The van der Waals surface area contributed by atoms with E-state index in [1.807, 2.05) is 69.3 Å². The van der Waals surface area contributed by atoms with E-state index in [-0.39, 0.29) is 18.0 Å². The van der Waals surface area contributed by atoms with Gasteiger partial charge in [-0.25, -0.2) is 0 Å². The molecule has 1 fully saturated rings. The van der Waals surface area contributed by atoms with Crippen molar-refractivity contribution >= 4 is 50.5 Å². The van der Waals surface area contributed by atoms with Gasteiger partial charge >= 0.3 is 0 Å². The maximum absolute atomic E-state index is 12.7. The maximum Gasteiger partial charge on any atom is 0.229 e. The Labute approximate surface area is 255 Å². The molecule has 2 atom stereocenters. The standard InChI is InChI=1S/C32H34BrN5O2S/c1-19-16-24(20(2)37(19)22-11-9-10-21(33)17-22)29-28(26-12-7-8-15-34-26)36-31(41)38(29)23-13-14-25(27(18-23)40-6)35-30(39)32(3,4)5/h7-18,28-29H,1-6H3,(H,35,39)(H,36,41)/t28-,29-/m1/s1. The van der Waals surface area contributed by atoms with Gasteiger partial charge < -0.3 is 24.8 Å². The SMILES string of the molecule is COc1cc(N2C(=S)N[C@H](c3ccccn3)[C@H]2c2cc(C)n(-c3cccc(Br)c3)c2C)ccc1NC(=O)C(C)(C)C. The van der Waals surface area contributed by atoms with Gasteiger partial charge in [-0.1, -0.05) is 48.8 Å². The number of nitrogens with zero attached hydrogens (tertiary/aromatic N) is 3. The number of aromatic nitrogens is 2. The number of hydrogen-bond donors (Lipinski definition) is 2. The third-order valence-electron chi connectivity index (χ3n) is 7.35. The van der Waals surface area contributed by atoms with Crippen LogP contribution in [0.3, 0.4) is 0 Å². The monoisotopic (exact) mass is 631 g/mol. The van der Waals surface area contributed by atoms with Gasteiger partial charge in [0.25, 0.3) is 0 Å². The van der Waals surface area contributed by atoms with Crippen LogP contribution in [0.1, 0.15) is 55.5 Å². The Kier molecular flexibility index (Phi) is 7.94. The molecule has 2 N–H and O–H groups in total. The first kappa shape index (κ1) is 28.8. The number of hydrogen-bond acceptors (Lipinski definition) is 4. The van der Waals surface area contributed by atoms with Crippen LogP contribution < -0.4 is 20.3 Å². The van der Waals surface area contributed by atoms with Gasteiger partial charge in [-0.3, -0.25) is 9.78 Å². The summed E-state index contributed by atoms with van der Waals surface area (Å²) in [5, 5.41) is 7.14. The first-order valence-electron chi connectivity index (χ1n) is 13.4. The number of halogens is 1. The molecule has 5 rings (SSSR count). The molecule has 0 radical (unpaired) electrons. The summed E-state index contributed by atoms with van der Waals surface area (Å²) in [6.45, 7) is 9.90. The van der Waals surface area contributed by atoms with Gasteiger partial charge in [0, 0.05) is 44.9 Å². The molecular weight excluding hydrogens is 598 g/mol. The van der Waals surface area contributed by atoms with E-state index in [4.69, 9.17) is 21.9 Å². The zero-order valence-electron chi connectivity index (χ0n) is 24.0. The molecular formula is C32H34BrN5O2S. The molecule has 41 heavy (non-hydrogen) atoms. The highest BCUT2D eigenvalue weighted by Gasteiger charge is 2.42. The summed E-state index contributed by atoms with van der Waals surface area (Å²) in [5.41, 5.74) is 6.27. The number of ether oxygens (including phenoxy) is 1. The number of methoxy groups -OCH3 is 1. The van der Waals surface area contributed by atoms with E-state index in [2.05, 4.69) is 68.1 Å². The number of nitrogens with one attached hydrogen (secondary N) is 2. The second-order valence-corrected chi connectivity index (χ2v) is 12.5. The zero-order valence-corrected chi connectivity index (χ0v) is 26.4. The molecule has 1 saturated heterocycles.